The molecular formula is C18H17FN4OS. The van der Waals surface area contributed by atoms with E-state index in [0.717, 1.165) is 16.9 Å². The fourth-order valence-electron chi connectivity index (χ4n) is 2.96. The Hall–Kier alpha value is -2.54. The van der Waals surface area contributed by atoms with Gasteiger partial charge in [0.05, 0.1) is 6.20 Å². The second-order valence-corrected chi connectivity index (χ2v) is 7.40. The standard InChI is InChI=1S/C18H17FN4OS/c1-23-10-12(8-21-23)14-7-15(14)17(24)22-18-20-9-13(25-18)6-11-4-2-3-5-16(11)19/h2-5,8-10,14-15H,6-7H2,1H3,(H,20,22,24)/t14-,15-/m0/s1. The number of nitrogens with zero attached hydrogens (tertiary/aromatic N) is 3. The van der Waals surface area contributed by atoms with Crippen LogP contribution in [0.4, 0.5) is 9.52 Å². The maximum Gasteiger partial charge on any atom is 0.229 e. The summed E-state index contributed by atoms with van der Waals surface area (Å²) >= 11 is 1.38. The van der Waals surface area contributed by atoms with Gasteiger partial charge in [0, 0.05) is 36.7 Å². The third-order valence-electron chi connectivity index (χ3n) is 4.39. The molecule has 7 heteroatoms. The maximum absolute atomic E-state index is 13.7. The highest BCUT2D eigenvalue weighted by Crippen LogP contribution is 2.47. The van der Waals surface area contributed by atoms with E-state index in [-0.39, 0.29) is 23.6 Å². The fraction of sp³-hybridized carbons (Fsp3) is 0.278. The lowest BCUT2D eigenvalue weighted by atomic mass is 10.1. The molecule has 2 heterocycles. The molecule has 1 fully saturated rings. The minimum Gasteiger partial charge on any atom is -0.302 e. The SMILES string of the molecule is Cn1cc([C@@H]2C[C@@H]2C(=O)Nc2ncc(Cc3ccccc3F)s2)cn1. The third kappa shape index (κ3) is 3.46. The van der Waals surface area contributed by atoms with Crippen LogP contribution in [0, 0.1) is 11.7 Å². The number of hydrogen-bond acceptors (Lipinski definition) is 4. The molecule has 2 atom stereocenters. The summed E-state index contributed by atoms with van der Waals surface area (Å²) in [7, 11) is 1.87. The highest BCUT2D eigenvalue weighted by atomic mass is 32.1. The zero-order valence-corrected chi connectivity index (χ0v) is 14.5. The number of carbonyl (C=O) groups is 1. The molecule has 5 nitrogen and oxygen atoms in total. The summed E-state index contributed by atoms with van der Waals surface area (Å²) in [5, 5.41) is 7.59. The van der Waals surface area contributed by atoms with Crippen LogP contribution < -0.4 is 5.32 Å². The van der Waals surface area contributed by atoms with E-state index in [2.05, 4.69) is 15.4 Å². The van der Waals surface area contributed by atoms with Crippen molar-refractivity contribution in [2.24, 2.45) is 13.0 Å². The van der Waals surface area contributed by atoms with Crippen LogP contribution in [0.25, 0.3) is 0 Å². The predicted octanol–water partition coefficient (Wildman–Crippen LogP) is 3.35. The van der Waals surface area contributed by atoms with Crippen LogP contribution in [0.5, 0.6) is 0 Å². The van der Waals surface area contributed by atoms with E-state index in [4.69, 9.17) is 0 Å². The molecule has 3 aromatic rings. The van der Waals surface area contributed by atoms with Gasteiger partial charge in [-0.3, -0.25) is 9.48 Å². The number of amides is 1. The largest absolute Gasteiger partial charge is 0.302 e. The van der Waals surface area contributed by atoms with Crippen molar-refractivity contribution in [2.45, 2.75) is 18.8 Å². The Morgan fingerprint density at radius 3 is 3.00 bits per heavy atom. The van der Waals surface area contributed by atoms with E-state index in [1.54, 1.807) is 23.0 Å². The van der Waals surface area contributed by atoms with Crippen LogP contribution in [0.1, 0.15) is 28.3 Å². The summed E-state index contributed by atoms with van der Waals surface area (Å²) in [4.78, 5) is 17.5. The Morgan fingerprint density at radius 2 is 2.24 bits per heavy atom. The van der Waals surface area contributed by atoms with Crippen molar-refractivity contribution in [3.05, 3.63) is 64.7 Å². The average Bonchev–Trinajstić information content (AvgIpc) is 3.09. The Morgan fingerprint density at radius 1 is 1.40 bits per heavy atom. The molecule has 1 amide bonds. The quantitative estimate of drug-likeness (QED) is 0.763. The van der Waals surface area contributed by atoms with E-state index in [1.165, 1.54) is 17.4 Å². The smallest absolute Gasteiger partial charge is 0.229 e. The molecule has 1 saturated carbocycles. The molecule has 4 rings (SSSR count). The van der Waals surface area contributed by atoms with E-state index in [1.807, 2.05) is 25.5 Å². The zero-order chi connectivity index (χ0) is 17.4. The average molecular weight is 356 g/mol. The van der Waals surface area contributed by atoms with Crippen LogP contribution in [0.3, 0.4) is 0 Å². The number of carbonyl (C=O) groups excluding carboxylic acids is 1. The van der Waals surface area contributed by atoms with Crippen molar-refractivity contribution in [1.29, 1.82) is 0 Å². The molecule has 128 valence electrons. The summed E-state index contributed by atoms with van der Waals surface area (Å²) in [6.07, 6.45) is 6.77. The third-order valence-corrected chi connectivity index (χ3v) is 5.30. The Kier molecular flexibility index (Phi) is 4.09. The van der Waals surface area contributed by atoms with Gasteiger partial charge in [-0.2, -0.15) is 5.10 Å². The van der Waals surface area contributed by atoms with Crippen LogP contribution in [-0.2, 0) is 18.3 Å². The molecule has 1 N–H and O–H groups in total. The van der Waals surface area contributed by atoms with Crippen LogP contribution >= 0.6 is 11.3 Å². The first-order chi connectivity index (χ1) is 12.1. The van der Waals surface area contributed by atoms with Crippen LogP contribution in [-0.4, -0.2) is 20.7 Å². The number of rotatable bonds is 5. The lowest BCUT2D eigenvalue weighted by molar-refractivity contribution is -0.117. The molecule has 0 aliphatic heterocycles. The first kappa shape index (κ1) is 16.0. The molecule has 0 bridgehead atoms. The summed E-state index contributed by atoms with van der Waals surface area (Å²) < 4.78 is 15.5. The minimum atomic E-state index is -0.223. The predicted molar refractivity (Wildman–Crippen MR) is 94.0 cm³/mol. The van der Waals surface area contributed by atoms with Crippen LogP contribution in [0.15, 0.2) is 42.9 Å². The molecule has 1 aliphatic rings. The Bertz CT molecular complexity index is 919. The summed E-state index contributed by atoms with van der Waals surface area (Å²) in [6, 6.07) is 6.69. The lowest BCUT2D eigenvalue weighted by Gasteiger charge is -2.01. The van der Waals surface area contributed by atoms with Gasteiger partial charge < -0.3 is 5.32 Å². The zero-order valence-electron chi connectivity index (χ0n) is 13.6. The Labute approximate surface area is 148 Å². The number of aryl methyl sites for hydroxylation is 1. The fourth-order valence-corrected chi connectivity index (χ4v) is 3.80. The van der Waals surface area contributed by atoms with Gasteiger partial charge in [0.25, 0.3) is 0 Å². The van der Waals surface area contributed by atoms with Crippen molar-refractivity contribution in [3.8, 4) is 0 Å². The molecular weight excluding hydrogens is 339 g/mol. The second-order valence-electron chi connectivity index (χ2n) is 6.29. The molecule has 0 saturated heterocycles. The van der Waals surface area contributed by atoms with Crippen molar-refractivity contribution in [2.75, 3.05) is 5.32 Å². The minimum absolute atomic E-state index is 0.0133. The van der Waals surface area contributed by atoms with Crippen molar-refractivity contribution >= 4 is 22.4 Å². The van der Waals surface area contributed by atoms with E-state index in [0.29, 0.717) is 17.1 Å². The normalized spacial score (nSPS) is 19.0. The molecule has 1 aliphatic carbocycles. The Balaban J connectivity index is 1.37. The number of nitrogens with one attached hydrogen (secondary N) is 1. The van der Waals surface area contributed by atoms with Crippen molar-refractivity contribution in [3.63, 3.8) is 0 Å². The van der Waals surface area contributed by atoms with Gasteiger partial charge in [0.1, 0.15) is 5.82 Å². The highest BCUT2D eigenvalue weighted by Gasteiger charge is 2.44. The van der Waals surface area contributed by atoms with Gasteiger partial charge in [-0.15, -0.1) is 11.3 Å². The molecule has 25 heavy (non-hydrogen) atoms. The monoisotopic (exact) mass is 356 g/mol. The first-order valence-electron chi connectivity index (χ1n) is 8.07. The van der Waals surface area contributed by atoms with E-state index >= 15 is 0 Å². The van der Waals surface area contributed by atoms with Gasteiger partial charge in [0.2, 0.25) is 5.91 Å². The number of thiazole rings is 1. The van der Waals surface area contributed by atoms with E-state index < -0.39 is 0 Å². The van der Waals surface area contributed by atoms with Crippen molar-refractivity contribution in [1.82, 2.24) is 14.8 Å². The van der Waals surface area contributed by atoms with Gasteiger partial charge in [-0.05, 0) is 29.5 Å². The number of benzene rings is 1. The number of halogens is 1. The summed E-state index contributed by atoms with van der Waals surface area (Å²) in [5.41, 5.74) is 1.73. The number of hydrogen-bond donors (Lipinski definition) is 1. The molecule has 0 unspecified atom stereocenters. The van der Waals surface area contributed by atoms with Gasteiger partial charge in [-0.1, -0.05) is 18.2 Å². The topological polar surface area (TPSA) is 59.8 Å². The summed E-state index contributed by atoms with van der Waals surface area (Å²) in [6.45, 7) is 0. The van der Waals surface area contributed by atoms with Gasteiger partial charge >= 0.3 is 0 Å². The highest BCUT2D eigenvalue weighted by molar-refractivity contribution is 7.15. The second kappa shape index (κ2) is 6.40. The number of anilines is 1. The molecule has 0 spiro atoms. The summed E-state index contributed by atoms with van der Waals surface area (Å²) in [5.74, 6) is -0.0194. The lowest BCUT2D eigenvalue weighted by Crippen LogP contribution is -2.14. The van der Waals surface area contributed by atoms with Gasteiger partial charge in [0.15, 0.2) is 5.13 Å². The molecule has 1 aromatic carbocycles. The van der Waals surface area contributed by atoms with Crippen molar-refractivity contribution < 1.29 is 9.18 Å². The van der Waals surface area contributed by atoms with Crippen LogP contribution in [0.2, 0.25) is 0 Å². The van der Waals surface area contributed by atoms with Gasteiger partial charge in [-0.25, -0.2) is 9.37 Å². The number of aromatic nitrogens is 3. The van der Waals surface area contributed by atoms with E-state index in [9.17, 15) is 9.18 Å². The molecule has 0 radical (unpaired) electrons. The first-order valence-corrected chi connectivity index (χ1v) is 8.89. The maximum atomic E-state index is 13.7. The molecule has 2 aromatic heterocycles.